The molecule has 0 fully saturated rings. The van der Waals surface area contributed by atoms with Crippen LogP contribution in [0.5, 0.6) is 11.5 Å². The largest absolute Gasteiger partial charge is 0.491 e. The van der Waals surface area contributed by atoms with Crippen molar-refractivity contribution in [2.45, 2.75) is 46.1 Å². The normalized spacial score (nSPS) is 11.9. The third kappa shape index (κ3) is 5.51. The lowest BCUT2D eigenvalue weighted by atomic mass is 10.0. The van der Waals surface area contributed by atoms with E-state index in [0.29, 0.717) is 25.5 Å². The molecule has 0 spiro atoms. The van der Waals surface area contributed by atoms with Crippen molar-refractivity contribution >= 4 is 5.91 Å². The Hall–Kier alpha value is -2.49. The van der Waals surface area contributed by atoms with E-state index in [1.54, 1.807) is 0 Å². The molecule has 0 radical (unpaired) electrons. The van der Waals surface area contributed by atoms with Gasteiger partial charge in [0.2, 0.25) is 0 Å². The van der Waals surface area contributed by atoms with E-state index in [-0.39, 0.29) is 5.91 Å². The standard InChI is InChI=1S/C22H29NO3/c1-5-19(26-20-12-8-6-10-17(20)4)22(24)23-14-15-25-21-13-9-7-11-18(21)16(2)3/h6-13,16,19H,5,14-15H2,1-4H3,(H,23,24)/t19-/m1/s1. The summed E-state index contributed by atoms with van der Waals surface area (Å²) in [5.74, 6) is 1.90. The number of benzene rings is 2. The van der Waals surface area contributed by atoms with Gasteiger partial charge in [-0.1, -0.05) is 57.2 Å². The van der Waals surface area contributed by atoms with Crippen LogP contribution < -0.4 is 14.8 Å². The number of ether oxygens (including phenoxy) is 2. The first-order valence-electron chi connectivity index (χ1n) is 9.24. The van der Waals surface area contributed by atoms with Gasteiger partial charge in [0.25, 0.3) is 5.91 Å². The Morgan fingerprint density at radius 2 is 1.69 bits per heavy atom. The van der Waals surface area contributed by atoms with Gasteiger partial charge in [-0.25, -0.2) is 0 Å². The van der Waals surface area contributed by atoms with Crippen LogP contribution in [0.25, 0.3) is 0 Å². The molecule has 1 N–H and O–H groups in total. The molecular formula is C22H29NO3. The summed E-state index contributed by atoms with van der Waals surface area (Å²) < 4.78 is 11.7. The fourth-order valence-electron chi connectivity index (χ4n) is 2.70. The van der Waals surface area contributed by atoms with Crippen LogP contribution in [0, 0.1) is 6.92 Å². The van der Waals surface area contributed by atoms with Gasteiger partial charge in [-0.3, -0.25) is 4.79 Å². The minimum Gasteiger partial charge on any atom is -0.491 e. The molecule has 2 aromatic rings. The summed E-state index contributed by atoms with van der Waals surface area (Å²) in [7, 11) is 0. The molecule has 0 saturated carbocycles. The Morgan fingerprint density at radius 1 is 1.04 bits per heavy atom. The molecule has 4 nitrogen and oxygen atoms in total. The number of hydrogen-bond donors (Lipinski definition) is 1. The van der Waals surface area contributed by atoms with E-state index >= 15 is 0 Å². The molecule has 2 aromatic carbocycles. The highest BCUT2D eigenvalue weighted by Gasteiger charge is 2.18. The Labute approximate surface area is 156 Å². The lowest BCUT2D eigenvalue weighted by Gasteiger charge is -2.19. The Kier molecular flexibility index (Phi) is 7.52. The van der Waals surface area contributed by atoms with E-state index in [1.807, 2.05) is 56.3 Å². The Bertz CT molecular complexity index is 712. The summed E-state index contributed by atoms with van der Waals surface area (Å²) in [6, 6.07) is 15.7. The third-order valence-electron chi connectivity index (χ3n) is 4.23. The molecule has 0 heterocycles. The molecule has 4 heteroatoms. The lowest BCUT2D eigenvalue weighted by molar-refractivity contribution is -0.128. The van der Waals surface area contributed by atoms with Crippen LogP contribution in [0.3, 0.4) is 0 Å². The molecule has 0 aliphatic heterocycles. The van der Waals surface area contributed by atoms with E-state index in [1.165, 1.54) is 5.56 Å². The first kappa shape index (κ1) is 19.8. The average molecular weight is 355 g/mol. The van der Waals surface area contributed by atoms with E-state index < -0.39 is 6.10 Å². The van der Waals surface area contributed by atoms with Crippen molar-refractivity contribution in [1.29, 1.82) is 0 Å². The predicted molar refractivity (Wildman–Crippen MR) is 105 cm³/mol. The quantitative estimate of drug-likeness (QED) is 0.675. The Balaban J connectivity index is 1.83. The fraction of sp³-hybridized carbons (Fsp3) is 0.409. The topological polar surface area (TPSA) is 47.6 Å². The number of carbonyl (C=O) groups is 1. The van der Waals surface area contributed by atoms with Gasteiger partial charge in [-0.15, -0.1) is 0 Å². The molecule has 0 saturated heterocycles. The van der Waals surface area contributed by atoms with E-state index in [2.05, 4.69) is 25.2 Å². The van der Waals surface area contributed by atoms with Crippen molar-refractivity contribution in [2.75, 3.05) is 13.2 Å². The predicted octanol–water partition coefficient (Wildman–Crippen LogP) is 4.47. The fourth-order valence-corrected chi connectivity index (χ4v) is 2.70. The van der Waals surface area contributed by atoms with Crippen molar-refractivity contribution in [3.05, 3.63) is 59.7 Å². The summed E-state index contributed by atoms with van der Waals surface area (Å²) in [5, 5.41) is 2.90. The first-order chi connectivity index (χ1) is 12.5. The van der Waals surface area contributed by atoms with Gasteiger partial charge in [-0.05, 0) is 42.5 Å². The summed E-state index contributed by atoms with van der Waals surface area (Å²) in [6.07, 6.45) is 0.107. The number of carbonyl (C=O) groups excluding carboxylic acids is 1. The average Bonchev–Trinajstić information content (AvgIpc) is 2.64. The van der Waals surface area contributed by atoms with Gasteiger partial charge in [-0.2, -0.15) is 0 Å². The van der Waals surface area contributed by atoms with Crippen molar-refractivity contribution in [1.82, 2.24) is 5.32 Å². The van der Waals surface area contributed by atoms with Crippen molar-refractivity contribution in [2.24, 2.45) is 0 Å². The lowest BCUT2D eigenvalue weighted by Crippen LogP contribution is -2.39. The van der Waals surface area contributed by atoms with Crippen LogP contribution in [-0.4, -0.2) is 25.2 Å². The minimum absolute atomic E-state index is 0.114. The van der Waals surface area contributed by atoms with E-state index in [9.17, 15) is 4.79 Å². The highest BCUT2D eigenvalue weighted by molar-refractivity contribution is 5.81. The van der Waals surface area contributed by atoms with E-state index in [0.717, 1.165) is 17.1 Å². The molecule has 0 aromatic heterocycles. The van der Waals surface area contributed by atoms with Gasteiger partial charge in [0.05, 0.1) is 6.54 Å². The first-order valence-corrected chi connectivity index (χ1v) is 9.24. The number of para-hydroxylation sites is 2. The van der Waals surface area contributed by atoms with Crippen LogP contribution in [0.1, 0.15) is 44.2 Å². The van der Waals surface area contributed by atoms with Crippen LogP contribution >= 0.6 is 0 Å². The summed E-state index contributed by atoms with van der Waals surface area (Å²) >= 11 is 0. The van der Waals surface area contributed by atoms with Gasteiger partial charge < -0.3 is 14.8 Å². The molecule has 2 rings (SSSR count). The van der Waals surface area contributed by atoms with Crippen molar-refractivity contribution in [3.8, 4) is 11.5 Å². The summed E-state index contributed by atoms with van der Waals surface area (Å²) in [4.78, 5) is 12.4. The SMILES string of the molecule is CC[C@@H](Oc1ccccc1C)C(=O)NCCOc1ccccc1C(C)C. The monoisotopic (exact) mass is 355 g/mol. The second-order valence-corrected chi connectivity index (χ2v) is 6.61. The van der Waals surface area contributed by atoms with Gasteiger partial charge in [0.1, 0.15) is 18.1 Å². The highest BCUT2D eigenvalue weighted by atomic mass is 16.5. The number of rotatable bonds is 9. The van der Waals surface area contributed by atoms with Gasteiger partial charge in [0, 0.05) is 0 Å². The molecule has 0 bridgehead atoms. The highest BCUT2D eigenvalue weighted by Crippen LogP contribution is 2.25. The third-order valence-corrected chi connectivity index (χ3v) is 4.23. The minimum atomic E-state index is -0.501. The van der Waals surface area contributed by atoms with Crippen LogP contribution in [0.4, 0.5) is 0 Å². The number of amides is 1. The maximum atomic E-state index is 12.4. The zero-order valence-electron chi connectivity index (χ0n) is 16.1. The molecule has 140 valence electrons. The van der Waals surface area contributed by atoms with Crippen molar-refractivity contribution < 1.29 is 14.3 Å². The van der Waals surface area contributed by atoms with Gasteiger partial charge >= 0.3 is 0 Å². The second kappa shape index (κ2) is 9.85. The zero-order chi connectivity index (χ0) is 18.9. The molecule has 1 atom stereocenters. The van der Waals surface area contributed by atoms with E-state index in [4.69, 9.17) is 9.47 Å². The second-order valence-electron chi connectivity index (χ2n) is 6.61. The molecule has 0 aliphatic rings. The molecule has 0 aliphatic carbocycles. The number of hydrogen-bond acceptors (Lipinski definition) is 3. The smallest absolute Gasteiger partial charge is 0.261 e. The van der Waals surface area contributed by atoms with Crippen molar-refractivity contribution in [3.63, 3.8) is 0 Å². The molecule has 0 unspecified atom stereocenters. The molecule has 26 heavy (non-hydrogen) atoms. The van der Waals surface area contributed by atoms with Gasteiger partial charge in [0.15, 0.2) is 6.10 Å². The van der Waals surface area contributed by atoms with Crippen LogP contribution in [0.15, 0.2) is 48.5 Å². The summed E-state index contributed by atoms with van der Waals surface area (Å²) in [6.45, 7) is 9.06. The number of aryl methyl sites for hydroxylation is 1. The maximum Gasteiger partial charge on any atom is 0.261 e. The number of nitrogens with one attached hydrogen (secondary N) is 1. The summed E-state index contributed by atoms with van der Waals surface area (Å²) in [5.41, 5.74) is 2.19. The molecule has 1 amide bonds. The Morgan fingerprint density at radius 3 is 2.35 bits per heavy atom. The zero-order valence-corrected chi connectivity index (χ0v) is 16.1. The molecular weight excluding hydrogens is 326 g/mol. The van der Waals surface area contributed by atoms with Crippen LogP contribution in [-0.2, 0) is 4.79 Å². The van der Waals surface area contributed by atoms with Crippen LogP contribution in [0.2, 0.25) is 0 Å². The maximum absolute atomic E-state index is 12.4.